The van der Waals surface area contributed by atoms with Crippen molar-refractivity contribution in [1.29, 1.82) is 0 Å². The van der Waals surface area contributed by atoms with E-state index in [-0.39, 0.29) is 5.82 Å². The van der Waals surface area contributed by atoms with Gasteiger partial charge in [0.05, 0.1) is 0 Å². The average molecular weight is 288 g/mol. The third kappa shape index (κ3) is 3.90. The van der Waals surface area contributed by atoms with Crippen LogP contribution < -0.4 is 10.2 Å². The highest BCUT2D eigenvalue weighted by molar-refractivity contribution is 5.49. The Hall–Kier alpha value is -2.17. The number of aryl methyl sites for hydroxylation is 1. The highest BCUT2D eigenvalue weighted by Gasteiger charge is 2.10. The molecule has 1 aromatic heterocycles. The first kappa shape index (κ1) is 15.2. The molecule has 5 heteroatoms. The van der Waals surface area contributed by atoms with Gasteiger partial charge < -0.3 is 10.2 Å². The van der Waals surface area contributed by atoms with Crippen molar-refractivity contribution >= 4 is 11.6 Å². The largest absolute Gasteiger partial charge is 0.373 e. The molecule has 0 unspecified atom stereocenters. The van der Waals surface area contributed by atoms with Crippen LogP contribution in [0.4, 0.5) is 16.0 Å². The van der Waals surface area contributed by atoms with Crippen LogP contribution in [0.25, 0.3) is 0 Å². The second kappa shape index (κ2) is 7.02. The Bertz CT molecular complexity index is 601. The Morgan fingerprint density at radius 3 is 2.67 bits per heavy atom. The fourth-order valence-electron chi connectivity index (χ4n) is 2.11. The van der Waals surface area contributed by atoms with Gasteiger partial charge in [-0.3, -0.25) is 0 Å². The molecule has 1 heterocycles. The molecule has 2 aromatic rings. The average Bonchev–Trinajstić information content (AvgIpc) is 2.49. The Kier molecular flexibility index (Phi) is 5.09. The summed E-state index contributed by atoms with van der Waals surface area (Å²) in [5.41, 5.74) is 0.654. The van der Waals surface area contributed by atoms with E-state index < -0.39 is 0 Å². The van der Waals surface area contributed by atoms with Crippen molar-refractivity contribution in [3.8, 4) is 0 Å². The van der Waals surface area contributed by atoms with Gasteiger partial charge in [-0.25, -0.2) is 14.4 Å². The lowest BCUT2D eigenvalue weighted by atomic mass is 10.2. The molecule has 0 radical (unpaired) electrons. The first-order chi connectivity index (χ1) is 10.1. The normalized spacial score (nSPS) is 10.5. The van der Waals surface area contributed by atoms with Crippen LogP contribution in [-0.2, 0) is 13.0 Å². The minimum Gasteiger partial charge on any atom is -0.373 e. The second-order valence-corrected chi connectivity index (χ2v) is 4.98. The zero-order valence-corrected chi connectivity index (χ0v) is 12.7. The van der Waals surface area contributed by atoms with Gasteiger partial charge in [0.2, 0.25) is 0 Å². The lowest BCUT2D eigenvalue weighted by Gasteiger charge is -2.20. The van der Waals surface area contributed by atoms with E-state index in [4.69, 9.17) is 0 Å². The standard InChI is InChI=1S/C16H21FN4/c1-4-7-14-19-15(18-2)10-16(20-14)21(3)11-12-8-5-6-9-13(12)17/h5-6,8-10H,4,7,11H2,1-3H3,(H,18,19,20). The molecule has 0 spiro atoms. The molecule has 0 aliphatic heterocycles. The molecule has 1 N–H and O–H groups in total. The summed E-state index contributed by atoms with van der Waals surface area (Å²) < 4.78 is 13.7. The summed E-state index contributed by atoms with van der Waals surface area (Å²) in [4.78, 5) is 10.9. The molecule has 0 bridgehead atoms. The van der Waals surface area contributed by atoms with E-state index in [9.17, 15) is 4.39 Å². The molecular weight excluding hydrogens is 267 g/mol. The zero-order valence-electron chi connectivity index (χ0n) is 12.7. The maximum atomic E-state index is 13.7. The maximum absolute atomic E-state index is 13.7. The van der Waals surface area contributed by atoms with Gasteiger partial charge in [-0.2, -0.15) is 0 Å². The van der Waals surface area contributed by atoms with Crippen LogP contribution in [0.1, 0.15) is 24.7 Å². The van der Waals surface area contributed by atoms with Crippen LogP contribution in [0, 0.1) is 5.82 Å². The molecule has 4 nitrogen and oxygen atoms in total. The summed E-state index contributed by atoms with van der Waals surface area (Å²) in [6.07, 6.45) is 1.82. The number of aromatic nitrogens is 2. The van der Waals surface area contributed by atoms with Gasteiger partial charge in [0.15, 0.2) is 0 Å². The van der Waals surface area contributed by atoms with E-state index in [0.717, 1.165) is 30.3 Å². The molecule has 1 aromatic carbocycles. The summed E-state index contributed by atoms with van der Waals surface area (Å²) in [5.74, 6) is 2.19. The fourth-order valence-corrected chi connectivity index (χ4v) is 2.11. The van der Waals surface area contributed by atoms with Crippen LogP contribution in [0.5, 0.6) is 0 Å². The molecule has 0 saturated carbocycles. The molecule has 0 aliphatic rings. The molecule has 0 fully saturated rings. The zero-order chi connectivity index (χ0) is 15.2. The number of anilines is 2. The Morgan fingerprint density at radius 2 is 2.00 bits per heavy atom. The van der Waals surface area contributed by atoms with Crippen molar-refractivity contribution in [2.24, 2.45) is 0 Å². The van der Waals surface area contributed by atoms with Gasteiger partial charge in [-0.05, 0) is 12.5 Å². The molecule has 0 amide bonds. The SMILES string of the molecule is CCCc1nc(NC)cc(N(C)Cc2ccccc2F)n1. The predicted octanol–water partition coefficient (Wildman–Crippen LogP) is 3.25. The van der Waals surface area contributed by atoms with Crippen molar-refractivity contribution in [3.63, 3.8) is 0 Å². The molecule has 0 aliphatic carbocycles. The van der Waals surface area contributed by atoms with Crippen molar-refractivity contribution in [2.45, 2.75) is 26.3 Å². The number of hydrogen-bond donors (Lipinski definition) is 1. The van der Waals surface area contributed by atoms with E-state index in [2.05, 4.69) is 22.2 Å². The summed E-state index contributed by atoms with van der Waals surface area (Å²) in [6.45, 7) is 2.57. The lowest BCUT2D eigenvalue weighted by Crippen LogP contribution is -2.19. The quantitative estimate of drug-likeness (QED) is 0.886. The van der Waals surface area contributed by atoms with Crippen LogP contribution in [0.15, 0.2) is 30.3 Å². The maximum Gasteiger partial charge on any atom is 0.134 e. The summed E-state index contributed by atoms with van der Waals surface area (Å²) in [6, 6.07) is 8.68. The van der Waals surface area contributed by atoms with Gasteiger partial charge in [-0.1, -0.05) is 25.1 Å². The molecule has 0 saturated heterocycles. The molecular formula is C16H21FN4. The van der Waals surface area contributed by atoms with Crippen molar-refractivity contribution < 1.29 is 4.39 Å². The first-order valence-electron chi connectivity index (χ1n) is 7.14. The topological polar surface area (TPSA) is 41.1 Å². The van der Waals surface area contributed by atoms with Crippen LogP contribution in [-0.4, -0.2) is 24.1 Å². The summed E-state index contributed by atoms with van der Waals surface area (Å²) >= 11 is 0. The highest BCUT2D eigenvalue weighted by Crippen LogP contribution is 2.18. The third-order valence-corrected chi connectivity index (χ3v) is 3.25. The van der Waals surface area contributed by atoms with Gasteiger partial charge >= 0.3 is 0 Å². The third-order valence-electron chi connectivity index (χ3n) is 3.25. The van der Waals surface area contributed by atoms with Crippen molar-refractivity contribution in [1.82, 2.24) is 9.97 Å². The molecule has 112 valence electrons. The van der Waals surface area contributed by atoms with Crippen molar-refractivity contribution in [3.05, 3.63) is 47.5 Å². The summed E-state index contributed by atoms with van der Waals surface area (Å²) in [5, 5.41) is 3.04. The van der Waals surface area contributed by atoms with Crippen molar-refractivity contribution in [2.75, 3.05) is 24.3 Å². The molecule has 21 heavy (non-hydrogen) atoms. The Balaban J connectivity index is 2.23. The molecule has 2 rings (SSSR count). The van der Waals surface area contributed by atoms with E-state index in [1.807, 2.05) is 31.1 Å². The molecule has 0 atom stereocenters. The second-order valence-electron chi connectivity index (χ2n) is 4.98. The van der Waals surface area contributed by atoms with Crippen LogP contribution in [0.3, 0.4) is 0 Å². The number of rotatable bonds is 6. The number of nitrogens with zero attached hydrogens (tertiary/aromatic N) is 3. The van der Waals surface area contributed by atoms with Crippen LogP contribution in [0.2, 0.25) is 0 Å². The van der Waals surface area contributed by atoms with Gasteiger partial charge in [0, 0.05) is 38.7 Å². The predicted molar refractivity (Wildman–Crippen MR) is 84.1 cm³/mol. The lowest BCUT2D eigenvalue weighted by molar-refractivity contribution is 0.607. The number of hydrogen-bond acceptors (Lipinski definition) is 4. The Labute approximate surface area is 125 Å². The van der Waals surface area contributed by atoms with E-state index >= 15 is 0 Å². The van der Waals surface area contributed by atoms with E-state index in [1.54, 1.807) is 12.1 Å². The number of halogens is 1. The monoisotopic (exact) mass is 288 g/mol. The number of benzene rings is 1. The minimum absolute atomic E-state index is 0.193. The number of nitrogens with one attached hydrogen (secondary N) is 1. The van der Waals surface area contributed by atoms with E-state index in [0.29, 0.717) is 12.1 Å². The Morgan fingerprint density at radius 1 is 1.24 bits per heavy atom. The van der Waals surface area contributed by atoms with Gasteiger partial charge in [0.1, 0.15) is 23.3 Å². The fraction of sp³-hybridized carbons (Fsp3) is 0.375. The highest BCUT2D eigenvalue weighted by atomic mass is 19.1. The van der Waals surface area contributed by atoms with E-state index in [1.165, 1.54) is 6.07 Å². The first-order valence-corrected chi connectivity index (χ1v) is 7.14. The van der Waals surface area contributed by atoms with Gasteiger partial charge in [-0.15, -0.1) is 0 Å². The minimum atomic E-state index is -0.193. The summed E-state index contributed by atoms with van der Waals surface area (Å²) in [7, 11) is 3.74. The van der Waals surface area contributed by atoms with Gasteiger partial charge in [0.25, 0.3) is 0 Å². The van der Waals surface area contributed by atoms with Crippen LogP contribution >= 0.6 is 0 Å². The smallest absolute Gasteiger partial charge is 0.134 e.